The zero-order valence-corrected chi connectivity index (χ0v) is 6.06. The third-order valence-corrected chi connectivity index (χ3v) is 0. The van der Waals surface area contributed by atoms with Crippen LogP contribution in [0.3, 0.4) is 0 Å². The Labute approximate surface area is 52.7 Å². The molecule has 0 saturated carbocycles. The molecule has 0 aromatic heterocycles. The molecule has 0 bridgehead atoms. The van der Waals surface area contributed by atoms with E-state index >= 15 is 0 Å². The molecular formula is H4Br2ClN-2. The van der Waals surface area contributed by atoms with Crippen molar-refractivity contribution in [1.82, 2.24) is 6.15 Å². The van der Waals surface area contributed by atoms with Gasteiger partial charge < -0.3 is 52.5 Å². The summed E-state index contributed by atoms with van der Waals surface area (Å²) in [5.41, 5.74) is 0. The fourth-order valence-electron chi connectivity index (χ4n) is 0. The van der Waals surface area contributed by atoms with Crippen molar-refractivity contribution in [2.45, 2.75) is 0 Å². The van der Waals surface area contributed by atoms with E-state index in [1.54, 1.807) is 0 Å². The summed E-state index contributed by atoms with van der Waals surface area (Å²) in [6.07, 6.45) is 0. The van der Waals surface area contributed by atoms with Crippen LogP contribution < -0.4 is 52.5 Å². The van der Waals surface area contributed by atoms with Gasteiger partial charge >= 0.3 is 0 Å². The van der Waals surface area contributed by atoms with E-state index < -0.39 is 0 Å². The minimum atomic E-state index is 0. The SMILES string of the molecule is [Br-].[Br-].[Cl-].[NH4+]. The van der Waals surface area contributed by atoms with Gasteiger partial charge in [-0.2, -0.15) is 0 Å². The average Bonchev–Trinajstić information content (AvgIpc) is 0. The highest BCUT2D eigenvalue weighted by Crippen LogP contribution is -0.481. The summed E-state index contributed by atoms with van der Waals surface area (Å²) >= 11 is 0. The summed E-state index contributed by atoms with van der Waals surface area (Å²) in [5, 5.41) is 0. The molecule has 32 valence electrons. The van der Waals surface area contributed by atoms with Gasteiger partial charge in [0.1, 0.15) is 0 Å². The first kappa shape index (κ1) is 63.1. The Morgan fingerprint density at radius 3 is 0.750 bits per heavy atom. The van der Waals surface area contributed by atoms with Gasteiger partial charge in [0, 0.05) is 0 Å². The van der Waals surface area contributed by atoms with E-state index in [-0.39, 0.29) is 52.5 Å². The highest BCUT2D eigenvalue weighted by atomic mass is 79.9. The fraction of sp³-hybridized carbons (Fsp3) is 0. The van der Waals surface area contributed by atoms with Gasteiger partial charge in [-0.25, -0.2) is 0 Å². The molecule has 0 aromatic rings. The lowest BCUT2D eigenvalue weighted by atomic mass is 14.0. The quantitative estimate of drug-likeness (QED) is 0.415. The van der Waals surface area contributed by atoms with Crippen LogP contribution in [0.15, 0.2) is 0 Å². The van der Waals surface area contributed by atoms with Gasteiger partial charge in [-0.3, -0.25) is 0 Å². The van der Waals surface area contributed by atoms with Crippen molar-refractivity contribution in [3.05, 3.63) is 0 Å². The maximum absolute atomic E-state index is 0. The lowest BCUT2D eigenvalue weighted by Crippen LogP contribution is -3.00. The Kier molecular flexibility index (Phi) is 467. The zero-order valence-electron chi connectivity index (χ0n) is 2.13. The molecule has 4 heavy (non-hydrogen) atoms. The molecule has 0 radical (unpaired) electrons. The van der Waals surface area contributed by atoms with Crippen molar-refractivity contribution in [3.63, 3.8) is 0 Å². The summed E-state index contributed by atoms with van der Waals surface area (Å²) in [4.78, 5) is 0. The molecule has 0 aliphatic heterocycles. The standard InChI is InChI=1S/2BrH.ClH.H3N/h3*1H;1H3/p-2. The molecule has 0 aliphatic carbocycles. The molecule has 1 nitrogen and oxygen atoms in total. The van der Waals surface area contributed by atoms with Gasteiger partial charge in [0.25, 0.3) is 0 Å². The van der Waals surface area contributed by atoms with E-state index in [1.165, 1.54) is 0 Å². The highest BCUT2D eigenvalue weighted by molar-refractivity contribution is 2.13. The Hall–Kier alpha value is 1.21. The zero-order chi connectivity index (χ0) is 0. The van der Waals surface area contributed by atoms with Gasteiger partial charge in [0.05, 0.1) is 0 Å². The van der Waals surface area contributed by atoms with Crippen LogP contribution in [0.1, 0.15) is 0 Å². The molecule has 4 heteroatoms. The Balaban J connectivity index is 0. The van der Waals surface area contributed by atoms with Gasteiger partial charge in [-0.05, 0) is 0 Å². The second-order valence-corrected chi connectivity index (χ2v) is 0. The molecule has 0 rings (SSSR count). The summed E-state index contributed by atoms with van der Waals surface area (Å²) < 4.78 is 0. The van der Waals surface area contributed by atoms with E-state index in [0.717, 1.165) is 0 Å². The molecular weight excluding hydrogens is 209 g/mol. The number of halogens is 3. The van der Waals surface area contributed by atoms with Crippen molar-refractivity contribution >= 4 is 0 Å². The van der Waals surface area contributed by atoms with Gasteiger partial charge in [-0.15, -0.1) is 0 Å². The summed E-state index contributed by atoms with van der Waals surface area (Å²) in [6.45, 7) is 0. The number of rotatable bonds is 0. The predicted octanol–water partition coefficient (Wildman–Crippen LogP) is -8.61. The molecule has 0 saturated heterocycles. The Bertz CT molecular complexity index is 6.00. The lowest BCUT2D eigenvalue weighted by Gasteiger charge is -1.00. The fourth-order valence-corrected chi connectivity index (χ4v) is 0. The van der Waals surface area contributed by atoms with Crippen molar-refractivity contribution < 1.29 is 46.4 Å². The van der Waals surface area contributed by atoms with Crippen LogP contribution in [-0.4, -0.2) is 0 Å². The molecule has 0 aromatic carbocycles. The van der Waals surface area contributed by atoms with Crippen LogP contribution in [0.4, 0.5) is 0 Å². The minimum Gasteiger partial charge on any atom is -1.00 e. The van der Waals surface area contributed by atoms with E-state index in [0.29, 0.717) is 0 Å². The van der Waals surface area contributed by atoms with Gasteiger partial charge in [0.15, 0.2) is 0 Å². The molecule has 0 spiro atoms. The van der Waals surface area contributed by atoms with E-state index in [2.05, 4.69) is 0 Å². The third kappa shape index (κ3) is 10.7. The molecule has 0 atom stereocenters. The molecule has 0 heterocycles. The maximum atomic E-state index is 0. The molecule has 0 unspecified atom stereocenters. The Morgan fingerprint density at radius 1 is 0.750 bits per heavy atom. The molecule has 4 N–H and O–H groups in total. The van der Waals surface area contributed by atoms with Crippen molar-refractivity contribution in [2.24, 2.45) is 0 Å². The number of hydrogen-bond donors (Lipinski definition) is 1. The minimum absolute atomic E-state index is 0. The largest absolute Gasteiger partial charge is 1.00 e. The van der Waals surface area contributed by atoms with Crippen molar-refractivity contribution in [1.29, 1.82) is 0 Å². The van der Waals surface area contributed by atoms with Crippen LogP contribution in [0.2, 0.25) is 0 Å². The van der Waals surface area contributed by atoms with E-state index in [1.807, 2.05) is 0 Å². The molecule has 0 fully saturated rings. The second-order valence-electron chi connectivity index (χ2n) is 0. The number of quaternary nitrogens is 1. The normalized spacial score (nSPS) is 0. The third-order valence-electron chi connectivity index (χ3n) is 0. The number of hydrogen-bond acceptors (Lipinski definition) is 0. The first-order chi connectivity index (χ1) is 0. The average molecular weight is 213 g/mol. The summed E-state index contributed by atoms with van der Waals surface area (Å²) in [5.74, 6) is 0. The van der Waals surface area contributed by atoms with Crippen LogP contribution in [0, 0.1) is 0 Å². The second kappa shape index (κ2) is 29.6. The highest BCUT2D eigenvalue weighted by Gasteiger charge is -0.369. The first-order valence-electron chi connectivity index (χ1n) is 0. The molecule has 0 amide bonds. The first-order valence-corrected chi connectivity index (χ1v) is 0. The molecule has 0 aliphatic rings. The van der Waals surface area contributed by atoms with Gasteiger partial charge in [-0.1, -0.05) is 0 Å². The van der Waals surface area contributed by atoms with Gasteiger partial charge in [0.2, 0.25) is 0 Å². The van der Waals surface area contributed by atoms with Crippen LogP contribution in [0.5, 0.6) is 0 Å². The monoisotopic (exact) mass is 211 g/mol. The smallest absolute Gasteiger partial charge is 0.369 e. The van der Waals surface area contributed by atoms with Crippen molar-refractivity contribution in [3.8, 4) is 0 Å². The summed E-state index contributed by atoms with van der Waals surface area (Å²) in [6, 6.07) is 0. The topological polar surface area (TPSA) is 36.5 Å². The van der Waals surface area contributed by atoms with Crippen LogP contribution in [0.25, 0.3) is 0 Å². The summed E-state index contributed by atoms with van der Waals surface area (Å²) in [7, 11) is 0. The van der Waals surface area contributed by atoms with E-state index in [9.17, 15) is 0 Å². The predicted molar refractivity (Wildman–Crippen MR) is 5.98 cm³/mol. The van der Waals surface area contributed by atoms with Crippen LogP contribution >= 0.6 is 0 Å². The van der Waals surface area contributed by atoms with Crippen LogP contribution in [-0.2, 0) is 0 Å². The maximum Gasteiger partial charge on any atom is -0.369 e. The van der Waals surface area contributed by atoms with E-state index in [4.69, 9.17) is 0 Å². The van der Waals surface area contributed by atoms with Crippen molar-refractivity contribution in [2.75, 3.05) is 0 Å². The lowest BCUT2D eigenvalue weighted by molar-refractivity contribution is -0.001000. The Morgan fingerprint density at radius 2 is 0.750 bits per heavy atom.